The number of nitrogens with one attached hydrogen (secondary N) is 1. The number of hydrogen-bond donors (Lipinski definition) is 2. The second-order valence-electron chi connectivity index (χ2n) is 6.98. The summed E-state index contributed by atoms with van der Waals surface area (Å²) in [4.78, 5) is 16.9. The first-order valence-corrected chi connectivity index (χ1v) is 9.00. The van der Waals surface area contributed by atoms with E-state index >= 15 is 0 Å². The average Bonchev–Trinajstić information content (AvgIpc) is 2.53. The second-order valence-corrected chi connectivity index (χ2v) is 6.98. The zero-order valence-corrected chi connectivity index (χ0v) is 16.7. The smallest absolute Gasteiger partial charge is 0.222 e. The summed E-state index contributed by atoms with van der Waals surface area (Å²) in [7, 11) is 0. The van der Waals surface area contributed by atoms with Gasteiger partial charge in [-0.15, -0.1) is 24.8 Å². The largest absolute Gasteiger partial charge is 0.392 e. The van der Waals surface area contributed by atoms with Crippen LogP contribution < -0.4 is 5.32 Å². The number of carbonyl (C=O) groups excluding carboxylic acids is 1. The Morgan fingerprint density at radius 3 is 2.50 bits per heavy atom. The predicted molar refractivity (Wildman–Crippen MR) is 103 cm³/mol. The third kappa shape index (κ3) is 7.44. The summed E-state index contributed by atoms with van der Waals surface area (Å²) in [5.74, 6) is 1.05. The van der Waals surface area contributed by atoms with E-state index in [-0.39, 0.29) is 30.9 Å². The molecule has 7 heteroatoms. The summed E-state index contributed by atoms with van der Waals surface area (Å²) in [6, 6.07) is 0.395. The van der Waals surface area contributed by atoms with Crippen LogP contribution in [-0.2, 0) is 4.79 Å². The maximum atomic E-state index is 12.5. The van der Waals surface area contributed by atoms with Crippen LogP contribution in [0.1, 0.15) is 46.0 Å². The van der Waals surface area contributed by atoms with Gasteiger partial charge in [0.2, 0.25) is 5.91 Å². The molecule has 2 rings (SSSR count). The fourth-order valence-corrected chi connectivity index (χ4v) is 3.74. The van der Waals surface area contributed by atoms with E-state index in [2.05, 4.69) is 17.1 Å². The van der Waals surface area contributed by atoms with Gasteiger partial charge < -0.3 is 15.3 Å². The van der Waals surface area contributed by atoms with E-state index in [0.717, 1.165) is 58.0 Å². The van der Waals surface area contributed by atoms with Gasteiger partial charge in [0, 0.05) is 38.6 Å². The quantitative estimate of drug-likeness (QED) is 0.735. The van der Waals surface area contributed by atoms with E-state index in [0.29, 0.717) is 18.4 Å². The van der Waals surface area contributed by atoms with Gasteiger partial charge in [0.15, 0.2) is 0 Å². The van der Waals surface area contributed by atoms with Crippen molar-refractivity contribution in [2.24, 2.45) is 5.92 Å². The normalized spacial score (nSPS) is 24.0. The van der Waals surface area contributed by atoms with Gasteiger partial charge in [-0.25, -0.2) is 0 Å². The van der Waals surface area contributed by atoms with Crippen LogP contribution in [0.5, 0.6) is 0 Å². The molecule has 24 heavy (non-hydrogen) atoms. The Morgan fingerprint density at radius 2 is 1.92 bits per heavy atom. The van der Waals surface area contributed by atoms with E-state index < -0.39 is 0 Å². The van der Waals surface area contributed by atoms with Gasteiger partial charge in [0.05, 0.1) is 6.10 Å². The summed E-state index contributed by atoms with van der Waals surface area (Å²) in [5.41, 5.74) is 0. The number of piperidine rings is 1. The number of amides is 1. The minimum absolute atomic E-state index is 0. The van der Waals surface area contributed by atoms with Gasteiger partial charge in [-0.05, 0) is 51.6 Å². The Kier molecular flexibility index (Phi) is 12.3. The Bertz CT molecular complexity index is 353. The van der Waals surface area contributed by atoms with Crippen LogP contribution in [0, 0.1) is 5.92 Å². The third-order valence-corrected chi connectivity index (χ3v) is 5.15. The fraction of sp³-hybridized carbons (Fsp3) is 0.941. The van der Waals surface area contributed by atoms with Crippen molar-refractivity contribution in [3.8, 4) is 0 Å². The highest BCUT2D eigenvalue weighted by Gasteiger charge is 2.29. The molecule has 0 aromatic heterocycles. The van der Waals surface area contributed by atoms with Crippen molar-refractivity contribution in [2.45, 2.75) is 58.1 Å². The molecule has 0 bridgehead atoms. The predicted octanol–water partition coefficient (Wildman–Crippen LogP) is 1.91. The van der Waals surface area contributed by atoms with E-state index in [1.807, 2.05) is 11.8 Å². The van der Waals surface area contributed by atoms with Crippen molar-refractivity contribution < 1.29 is 9.90 Å². The van der Waals surface area contributed by atoms with Crippen molar-refractivity contribution >= 4 is 30.7 Å². The number of β-amino-alcohol motifs (C(OH)–C–C–N with tert-alkyl or cyclic N) is 1. The van der Waals surface area contributed by atoms with Crippen LogP contribution >= 0.6 is 24.8 Å². The second kappa shape index (κ2) is 12.3. The topological polar surface area (TPSA) is 55.8 Å². The molecule has 0 aliphatic carbocycles. The Balaban J connectivity index is 0.00000264. The molecule has 2 saturated heterocycles. The van der Waals surface area contributed by atoms with Crippen molar-refractivity contribution in [2.75, 3.05) is 39.3 Å². The first kappa shape index (κ1) is 23.9. The summed E-state index contributed by atoms with van der Waals surface area (Å²) in [6.45, 7) is 9.47. The standard InChI is InChI=1S/C17H33N3O2.2ClH/c1-3-16-13-20(11-10-19(16)12-14(2)21)17(22)5-4-15-6-8-18-9-7-15;;/h14-16,18,21H,3-13H2,1-2H3;2*1H. The zero-order valence-electron chi connectivity index (χ0n) is 15.1. The first-order valence-electron chi connectivity index (χ1n) is 9.00. The molecule has 2 atom stereocenters. The molecular formula is C17H35Cl2N3O2. The molecule has 2 fully saturated rings. The number of nitrogens with zero attached hydrogens (tertiary/aromatic N) is 2. The van der Waals surface area contributed by atoms with Crippen LogP contribution in [0.3, 0.4) is 0 Å². The lowest BCUT2D eigenvalue weighted by Gasteiger charge is -2.42. The van der Waals surface area contributed by atoms with Crippen LogP contribution in [0.4, 0.5) is 0 Å². The average molecular weight is 384 g/mol. The summed E-state index contributed by atoms with van der Waals surface area (Å²) in [6.07, 6.45) is 4.92. The van der Waals surface area contributed by atoms with Crippen molar-refractivity contribution in [1.29, 1.82) is 0 Å². The van der Waals surface area contributed by atoms with Gasteiger partial charge in [-0.3, -0.25) is 9.69 Å². The molecule has 1 amide bonds. The summed E-state index contributed by atoms with van der Waals surface area (Å²) < 4.78 is 0. The van der Waals surface area contributed by atoms with Crippen LogP contribution in [-0.4, -0.2) is 72.2 Å². The Labute approximate surface area is 159 Å². The van der Waals surface area contributed by atoms with Crippen LogP contribution in [0.25, 0.3) is 0 Å². The number of rotatable bonds is 6. The van der Waals surface area contributed by atoms with Crippen LogP contribution in [0.15, 0.2) is 0 Å². The van der Waals surface area contributed by atoms with Crippen LogP contribution in [0.2, 0.25) is 0 Å². The number of piperazine rings is 1. The zero-order chi connectivity index (χ0) is 15.9. The van der Waals surface area contributed by atoms with Gasteiger partial charge in [0.25, 0.3) is 0 Å². The van der Waals surface area contributed by atoms with Gasteiger partial charge in [-0.2, -0.15) is 0 Å². The molecular weight excluding hydrogens is 349 g/mol. The SMILES string of the molecule is CCC1CN(C(=O)CCC2CCNCC2)CCN1CC(C)O.Cl.Cl. The molecule has 5 nitrogen and oxygen atoms in total. The molecule has 2 unspecified atom stereocenters. The van der Waals surface area contributed by atoms with Crippen molar-refractivity contribution in [3.05, 3.63) is 0 Å². The lowest BCUT2D eigenvalue weighted by Crippen LogP contribution is -2.55. The first-order chi connectivity index (χ1) is 10.6. The van der Waals surface area contributed by atoms with Gasteiger partial charge in [0.1, 0.15) is 0 Å². The monoisotopic (exact) mass is 383 g/mol. The highest BCUT2D eigenvalue weighted by molar-refractivity contribution is 5.85. The lowest BCUT2D eigenvalue weighted by atomic mass is 9.93. The van der Waals surface area contributed by atoms with E-state index in [1.165, 1.54) is 12.8 Å². The van der Waals surface area contributed by atoms with Gasteiger partial charge >= 0.3 is 0 Å². The number of carbonyl (C=O) groups is 1. The minimum atomic E-state index is -0.295. The molecule has 0 aromatic rings. The molecule has 144 valence electrons. The van der Waals surface area contributed by atoms with Gasteiger partial charge in [-0.1, -0.05) is 6.92 Å². The Morgan fingerprint density at radius 1 is 1.25 bits per heavy atom. The highest BCUT2D eigenvalue weighted by atomic mass is 35.5. The van der Waals surface area contributed by atoms with E-state index in [9.17, 15) is 9.90 Å². The highest BCUT2D eigenvalue weighted by Crippen LogP contribution is 2.20. The molecule has 0 radical (unpaired) electrons. The van der Waals surface area contributed by atoms with E-state index in [1.54, 1.807) is 0 Å². The number of aliphatic hydroxyl groups excluding tert-OH is 1. The van der Waals surface area contributed by atoms with E-state index in [4.69, 9.17) is 0 Å². The maximum Gasteiger partial charge on any atom is 0.222 e. The molecule has 2 heterocycles. The molecule has 0 saturated carbocycles. The number of hydrogen-bond acceptors (Lipinski definition) is 4. The van der Waals surface area contributed by atoms with Crippen molar-refractivity contribution in [1.82, 2.24) is 15.1 Å². The summed E-state index contributed by atoms with van der Waals surface area (Å²) in [5, 5.41) is 13.0. The molecule has 2 aliphatic heterocycles. The molecule has 2 aliphatic rings. The molecule has 0 aromatic carbocycles. The number of halogens is 2. The lowest BCUT2D eigenvalue weighted by molar-refractivity contribution is -0.134. The fourth-order valence-electron chi connectivity index (χ4n) is 3.74. The molecule has 0 spiro atoms. The number of aliphatic hydroxyl groups is 1. The maximum absolute atomic E-state index is 12.5. The minimum Gasteiger partial charge on any atom is -0.392 e. The molecule has 2 N–H and O–H groups in total. The Hall–Kier alpha value is -0.0700. The van der Waals surface area contributed by atoms with Crippen molar-refractivity contribution in [3.63, 3.8) is 0 Å². The summed E-state index contributed by atoms with van der Waals surface area (Å²) >= 11 is 0. The third-order valence-electron chi connectivity index (χ3n) is 5.15.